The van der Waals surface area contributed by atoms with E-state index in [1.807, 2.05) is 97.1 Å². The van der Waals surface area contributed by atoms with Crippen LogP contribution in [0.5, 0.6) is 0 Å². The number of carbonyl (C=O) groups excluding carboxylic acids is 2. The monoisotopic (exact) mass is 954 g/mol. The molecular formula is C36H23Br5N4O3. The lowest BCUT2D eigenvalue weighted by Crippen LogP contribution is -2.04. The number of allylic oxidation sites excluding steroid dienone is 1. The summed E-state index contributed by atoms with van der Waals surface area (Å²) in [4.78, 5) is 20.9. The minimum absolute atomic E-state index is 0.109. The summed E-state index contributed by atoms with van der Waals surface area (Å²) in [5, 5.41) is 34.5. The third kappa shape index (κ3) is 13.4. The third-order valence-electron chi connectivity index (χ3n) is 5.98. The number of ketones is 1. The molecule has 0 N–H and O–H groups in total. The van der Waals surface area contributed by atoms with Gasteiger partial charge in [-0.25, -0.2) is 0 Å². The molecule has 4 aromatic carbocycles. The van der Waals surface area contributed by atoms with E-state index in [1.54, 1.807) is 37.3 Å². The molecule has 1 aliphatic rings. The number of Topliss-reactive ketones (excluding diaryl/α,β-unsaturated/α-hetero) is 1. The second-order valence-electron chi connectivity index (χ2n) is 9.55. The van der Waals surface area contributed by atoms with Crippen LogP contribution in [0.1, 0.15) is 44.9 Å². The fourth-order valence-corrected chi connectivity index (χ4v) is 5.60. The predicted octanol–water partition coefficient (Wildman–Crippen LogP) is 10.9. The Kier molecular flexibility index (Phi) is 17.4. The fourth-order valence-electron chi connectivity index (χ4n) is 3.65. The summed E-state index contributed by atoms with van der Waals surface area (Å²) in [6.45, 7) is 1.57. The second kappa shape index (κ2) is 20.6. The van der Waals surface area contributed by atoms with Crippen LogP contribution in [-0.2, 0) is 9.53 Å². The number of epoxide rings is 1. The molecule has 5 rings (SSSR count). The molecule has 0 bridgehead atoms. The van der Waals surface area contributed by atoms with Crippen molar-refractivity contribution in [3.05, 3.63) is 143 Å². The number of rotatable bonds is 5. The number of aldehydes is 1. The lowest BCUT2D eigenvalue weighted by molar-refractivity contribution is -0.116. The minimum atomic E-state index is -1.26. The Bertz CT molecular complexity index is 1920. The van der Waals surface area contributed by atoms with Gasteiger partial charge in [0.1, 0.15) is 48.0 Å². The average molecular weight is 959 g/mol. The zero-order chi connectivity index (χ0) is 35.7. The van der Waals surface area contributed by atoms with Crippen LogP contribution < -0.4 is 0 Å². The molecule has 0 radical (unpaired) electrons. The maximum absolute atomic E-state index is 11.0. The first-order valence-electron chi connectivity index (χ1n) is 13.6. The van der Waals surface area contributed by atoms with Crippen molar-refractivity contribution in [1.82, 2.24) is 0 Å². The number of benzene rings is 4. The first-order chi connectivity index (χ1) is 22.9. The molecule has 1 fully saturated rings. The third-order valence-corrected chi connectivity index (χ3v) is 9.13. The summed E-state index contributed by atoms with van der Waals surface area (Å²) in [5.41, 5.74) is 2.22. The molecule has 2 atom stereocenters. The largest absolute Gasteiger partial charge is 0.332 e. The number of halogens is 5. The molecule has 0 saturated carbocycles. The molecule has 48 heavy (non-hydrogen) atoms. The Hall–Kier alpha value is -3.72. The Morgan fingerprint density at radius 3 is 1.65 bits per heavy atom. The molecule has 1 saturated heterocycles. The average Bonchev–Trinajstić information content (AvgIpc) is 3.83. The number of ether oxygens (including phenoxy) is 1. The first kappa shape index (κ1) is 40.5. The molecule has 12 heteroatoms. The van der Waals surface area contributed by atoms with Gasteiger partial charge in [0.15, 0.2) is 0 Å². The highest BCUT2D eigenvalue weighted by molar-refractivity contribution is 9.11. The predicted molar refractivity (Wildman–Crippen MR) is 201 cm³/mol. The fraction of sp³-hybridized carbons (Fsp3) is 0.111. The Morgan fingerprint density at radius 2 is 1.23 bits per heavy atom. The van der Waals surface area contributed by atoms with Gasteiger partial charge in [0, 0.05) is 23.5 Å². The van der Waals surface area contributed by atoms with Crippen LogP contribution in [0, 0.1) is 45.3 Å². The Morgan fingerprint density at radius 1 is 0.750 bits per heavy atom. The summed E-state index contributed by atoms with van der Waals surface area (Å²) >= 11 is 16.5. The standard InChI is InChI=1S/C10H5BrN2O.C10H5BrN2.C9H8Br2O.C7H5BrO/c11-8-3-1-2-7(4-8)9-10(5-12,6-13)14-9;11-10-3-1-2-8(5-10)4-9(6-12)7-13;1-6(12)9(11)7-3-2-4-8(10)5-7;8-7-3-1-2-6(4-7)5-9/h1-4,9H;1-5H;2-5,9H,1H3;1-5H. The van der Waals surface area contributed by atoms with E-state index in [4.69, 9.17) is 25.8 Å². The summed E-state index contributed by atoms with van der Waals surface area (Å²) in [6.07, 6.45) is 1.96. The number of hydrogen-bond donors (Lipinski definition) is 0. The van der Waals surface area contributed by atoms with Crippen LogP contribution >= 0.6 is 79.6 Å². The van der Waals surface area contributed by atoms with Gasteiger partial charge in [-0.15, -0.1) is 0 Å². The second-order valence-corrected chi connectivity index (χ2v) is 14.1. The minimum Gasteiger partial charge on any atom is -0.332 e. The van der Waals surface area contributed by atoms with Gasteiger partial charge in [0.2, 0.25) is 0 Å². The maximum Gasteiger partial charge on any atom is 0.272 e. The van der Waals surface area contributed by atoms with Crippen LogP contribution in [0.2, 0.25) is 0 Å². The van der Waals surface area contributed by atoms with Crippen molar-refractivity contribution in [3.8, 4) is 24.3 Å². The quantitative estimate of drug-likeness (QED) is 0.0839. The zero-order valence-electron chi connectivity index (χ0n) is 25.0. The molecule has 2 unspecified atom stereocenters. The van der Waals surface area contributed by atoms with E-state index < -0.39 is 11.7 Å². The van der Waals surface area contributed by atoms with Gasteiger partial charge in [0.05, 0.1) is 4.83 Å². The zero-order valence-corrected chi connectivity index (χ0v) is 32.9. The van der Waals surface area contributed by atoms with Crippen molar-refractivity contribution in [1.29, 1.82) is 21.0 Å². The molecule has 0 amide bonds. The summed E-state index contributed by atoms with van der Waals surface area (Å²) in [5.74, 6) is 0.119. The molecule has 0 aromatic heterocycles. The smallest absolute Gasteiger partial charge is 0.272 e. The Labute approximate surface area is 321 Å². The maximum atomic E-state index is 11.0. The van der Waals surface area contributed by atoms with Crippen LogP contribution in [0.15, 0.2) is 121 Å². The van der Waals surface area contributed by atoms with Gasteiger partial charge >= 0.3 is 0 Å². The SMILES string of the molecule is CC(=O)C(Br)c1cccc(Br)c1.N#CC(C#N)=Cc1cccc(Br)c1.N#CC1(C#N)OC1c1cccc(Br)c1.O=Cc1cccc(Br)c1. The molecule has 1 aliphatic heterocycles. The van der Waals surface area contributed by atoms with Gasteiger partial charge in [0.25, 0.3) is 5.60 Å². The van der Waals surface area contributed by atoms with Crippen molar-refractivity contribution in [3.63, 3.8) is 0 Å². The van der Waals surface area contributed by atoms with Crippen LogP contribution in [0.25, 0.3) is 6.08 Å². The Balaban J connectivity index is 0.000000225. The van der Waals surface area contributed by atoms with E-state index in [-0.39, 0.29) is 16.2 Å². The van der Waals surface area contributed by atoms with Gasteiger partial charge in [-0.1, -0.05) is 128 Å². The van der Waals surface area contributed by atoms with Crippen LogP contribution in [0.4, 0.5) is 0 Å². The highest BCUT2D eigenvalue weighted by Crippen LogP contribution is 2.49. The van der Waals surface area contributed by atoms with Crippen molar-refractivity contribution in [2.24, 2.45) is 0 Å². The van der Waals surface area contributed by atoms with Crippen molar-refractivity contribution >= 4 is 97.8 Å². The first-order valence-corrected chi connectivity index (χ1v) is 17.6. The number of hydrogen-bond acceptors (Lipinski definition) is 7. The highest BCUT2D eigenvalue weighted by atomic mass is 79.9. The van der Waals surface area contributed by atoms with E-state index in [0.29, 0.717) is 5.56 Å². The molecular weight excluding hydrogens is 936 g/mol. The van der Waals surface area contributed by atoms with E-state index in [1.165, 1.54) is 0 Å². The molecule has 4 aromatic rings. The number of carbonyl (C=O) groups is 2. The van der Waals surface area contributed by atoms with Crippen LogP contribution in [0.3, 0.4) is 0 Å². The summed E-state index contributed by atoms with van der Waals surface area (Å²) < 4.78 is 8.87. The van der Waals surface area contributed by atoms with Gasteiger partial charge in [-0.3, -0.25) is 9.59 Å². The van der Waals surface area contributed by atoms with Gasteiger partial charge < -0.3 is 4.74 Å². The highest BCUT2D eigenvalue weighted by Gasteiger charge is 2.59. The van der Waals surface area contributed by atoms with Gasteiger partial charge in [-0.05, 0) is 78.2 Å². The van der Waals surface area contributed by atoms with E-state index >= 15 is 0 Å². The molecule has 1 heterocycles. The normalized spacial score (nSPS) is 13.5. The molecule has 0 spiro atoms. The van der Waals surface area contributed by atoms with Crippen LogP contribution in [-0.4, -0.2) is 17.7 Å². The number of nitrogens with zero attached hydrogens (tertiary/aromatic N) is 4. The molecule has 0 aliphatic carbocycles. The van der Waals surface area contributed by atoms with E-state index in [9.17, 15) is 9.59 Å². The van der Waals surface area contributed by atoms with E-state index in [2.05, 4.69) is 79.6 Å². The molecule has 7 nitrogen and oxygen atoms in total. The lowest BCUT2D eigenvalue weighted by atomic mass is 10.0. The van der Waals surface area contributed by atoms with E-state index in [0.717, 1.165) is 40.9 Å². The summed E-state index contributed by atoms with van der Waals surface area (Å²) in [7, 11) is 0. The summed E-state index contributed by atoms with van der Waals surface area (Å²) in [6, 6.07) is 37.1. The van der Waals surface area contributed by atoms with Crippen molar-refractivity contribution in [2.45, 2.75) is 23.5 Å². The number of nitriles is 4. The van der Waals surface area contributed by atoms with Crippen molar-refractivity contribution in [2.75, 3.05) is 0 Å². The number of alkyl halides is 1. The molecule has 240 valence electrons. The topological polar surface area (TPSA) is 142 Å². The van der Waals surface area contributed by atoms with Gasteiger partial charge in [-0.2, -0.15) is 21.0 Å². The lowest BCUT2D eigenvalue weighted by Gasteiger charge is -2.05. The van der Waals surface area contributed by atoms with Crippen molar-refractivity contribution < 1.29 is 14.3 Å².